The predicted molar refractivity (Wildman–Crippen MR) is 132 cm³/mol. The van der Waals surface area contributed by atoms with Gasteiger partial charge < -0.3 is 0 Å². The topological polar surface area (TPSA) is 34.1 Å². The van der Waals surface area contributed by atoms with Crippen LogP contribution in [0, 0.1) is 0 Å². The lowest BCUT2D eigenvalue weighted by Crippen LogP contribution is -1.98. The summed E-state index contributed by atoms with van der Waals surface area (Å²) in [5.41, 5.74) is 0.823. The van der Waals surface area contributed by atoms with Crippen LogP contribution in [0.25, 0.3) is 0 Å². The van der Waals surface area contributed by atoms with E-state index >= 15 is 0 Å². The van der Waals surface area contributed by atoms with Crippen LogP contribution < -0.4 is 0 Å². The lowest BCUT2D eigenvalue weighted by molar-refractivity contribution is -0.111. The molecule has 0 atom stereocenters. The summed E-state index contributed by atoms with van der Waals surface area (Å²) in [6, 6.07) is 17.5. The number of Topliss-reactive ketones (excluding diaryl/α,β-unsaturated/α-hetero) is 1. The quantitative estimate of drug-likeness (QED) is 0.179. The smallest absolute Gasteiger partial charge is 0.221 e. The molecule has 0 radical (unpaired) electrons. The summed E-state index contributed by atoms with van der Waals surface area (Å²) >= 11 is 11.7. The SMILES string of the molecule is Brc1ccccc1.CCCCCC(=O)Cl.CCCCCC(=O)c1ccc(Br)cc1. The first-order valence-corrected chi connectivity index (χ1v) is 12.0. The minimum Gasteiger partial charge on any atom is -0.294 e. The predicted octanol–water partition coefficient (Wildman–Crippen LogP) is 8.99. The average Bonchev–Trinajstić information content (AvgIpc) is 2.70. The molecule has 0 fully saturated rings. The van der Waals surface area contributed by atoms with Crippen molar-refractivity contribution in [1.29, 1.82) is 0 Å². The molecule has 2 rings (SSSR count). The molecule has 0 aliphatic carbocycles. The molecule has 2 aromatic carbocycles. The van der Waals surface area contributed by atoms with E-state index in [-0.39, 0.29) is 11.0 Å². The van der Waals surface area contributed by atoms with Gasteiger partial charge in [-0.1, -0.05) is 102 Å². The Labute approximate surface area is 197 Å². The van der Waals surface area contributed by atoms with E-state index in [0.29, 0.717) is 12.8 Å². The molecule has 5 heteroatoms. The fraction of sp³-hybridized carbons (Fsp3) is 0.417. The average molecular weight is 547 g/mol. The van der Waals surface area contributed by atoms with Crippen LogP contribution in [0.2, 0.25) is 0 Å². The lowest BCUT2D eigenvalue weighted by atomic mass is 10.1. The van der Waals surface area contributed by atoms with E-state index in [2.05, 4.69) is 45.7 Å². The molecule has 0 N–H and O–H groups in total. The van der Waals surface area contributed by atoms with Crippen molar-refractivity contribution in [3.05, 3.63) is 69.1 Å². The van der Waals surface area contributed by atoms with Gasteiger partial charge in [-0.2, -0.15) is 0 Å². The number of ketones is 1. The van der Waals surface area contributed by atoms with Crippen molar-refractivity contribution in [3.8, 4) is 0 Å². The van der Waals surface area contributed by atoms with Gasteiger partial charge in [0.2, 0.25) is 5.24 Å². The zero-order chi connectivity index (χ0) is 21.9. The maximum absolute atomic E-state index is 11.6. The number of hydrogen-bond acceptors (Lipinski definition) is 2. The molecule has 0 heterocycles. The van der Waals surface area contributed by atoms with Gasteiger partial charge in [-0.3, -0.25) is 9.59 Å². The number of hydrogen-bond donors (Lipinski definition) is 0. The van der Waals surface area contributed by atoms with E-state index in [1.54, 1.807) is 0 Å². The van der Waals surface area contributed by atoms with E-state index in [9.17, 15) is 9.59 Å². The van der Waals surface area contributed by atoms with E-state index in [1.165, 1.54) is 0 Å². The zero-order valence-corrected chi connectivity index (χ0v) is 21.2. The summed E-state index contributed by atoms with van der Waals surface area (Å²) in [7, 11) is 0. The van der Waals surface area contributed by atoms with Gasteiger partial charge in [0.05, 0.1) is 0 Å². The molecular weight excluding hydrogens is 516 g/mol. The van der Waals surface area contributed by atoms with Crippen molar-refractivity contribution in [2.24, 2.45) is 0 Å². The van der Waals surface area contributed by atoms with Gasteiger partial charge in [0.1, 0.15) is 0 Å². The highest BCUT2D eigenvalue weighted by Crippen LogP contribution is 2.13. The standard InChI is InChI=1S/C12H15BrO.C6H5Br.C6H11ClO/c1-2-3-4-5-12(14)10-6-8-11(13)9-7-10;7-6-4-2-1-3-5-6;1-2-3-4-5-6(7)8/h6-9H,2-5H2,1H3;1-5H;2-5H2,1H3. The molecule has 160 valence electrons. The summed E-state index contributed by atoms with van der Waals surface area (Å²) in [4.78, 5) is 21.7. The van der Waals surface area contributed by atoms with Crippen LogP contribution in [-0.2, 0) is 4.79 Å². The summed E-state index contributed by atoms with van der Waals surface area (Å²) in [6.45, 7) is 4.24. The van der Waals surface area contributed by atoms with Crippen LogP contribution in [0.15, 0.2) is 63.5 Å². The molecule has 29 heavy (non-hydrogen) atoms. The van der Waals surface area contributed by atoms with Crippen LogP contribution in [0.1, 0.15) is 75.6 Å². The summed E-state index contributed by atoms with van der Waals surface area (Å²) < 4.78 is 2.15. The summed E-state index contributed by atoms with van der Waals surface area (Å²) in [6.07, 6.45) is 7.72. The number of unbranched alkanes of at least 4 members (excludes halogenated alkanes) is 4. The highest BCUT2D eigenvalue weighted by Gasteiger charge is 2.04. The van der Waals surface area contributed by atoms with E-state index in [4.69, 9.17) is 11.6 Å². The number of halogens is 3. The summed E-state index contributed by atoms with van der Waals surface area (Å²) in [5, 5.41) is -0.210. The molecule has 0 saturated heterocycles. The zero-order valence-electron chi connectivity index (χ0n) is 17.3. The van der Waals surface area contributed by atoms with Crippen LogP contribution in [0.3, 0.4) is 0 Å². The molecule has 0 bridgehead atoms. The number of carbonyl (C=O) groups excluding carboxylic acids is 2. The van der Waals surface area contributed by atoms with Crippen molar-refractivity contribution in [2.45, 2.75) is 65.2 Å². The third-order valence-electron chi connectivity index (χ3n) is 3.88. The fourth-order valence-electron chi connectivity index (χ4n) is 2.24. The third-order valence-corrected chi connectivity index (χ3v) is 5.13. The van der Waals surface area contributed by atoms with Crippen molar-refractivity contribution in [3.63, 3.8) is 0 Å². The molecule has 0 aliphatic heterocycles. The Morgan fingerprint density at radius 3 is 1.62 bits per heavy atom. The van der Waals surface area contributed by atoms with Crippen molar-refractivity contribution >= 4 is 54.5 Å². The Bertz CT molecular complexity index is 673. The normalized spacial score (nSPS) is 9.55. The first-order valence-electron chi connectivity index (χ1n) is 10.1. The van der Waals surface area contributed by atoms with Crippen molar-refractivity contribution in [1.82, 2.24) is 0 Å². The third kappa shape index (κ3) is 17.6. The molecule has 0 amide bonds. The number of benzene rings is 2. The van der Waals surface area contributed by atoms with Gasteiger partial charge in [0, 0.05) is 27.4 Å². The maximum Gasteiger partial charge on any atom is 0.221 e. The second kappa shape index (κ2) is 19.0. The van der Waals surface area contributed by atoms with E-state index in [1.807, 2.05) is 54.6 Å². The Kier molecular flexibility index (Phi) is 18.4. The van der Waals surface area contributed by atoms with Crippen molar-refractivity contribution < 1.29 is 9.59 Å². The van der Waals surface area contributed by atoms with Crippen LogP contribution in [-0.4, -0.2) is 11.0 Å². The molecule has 2 nitrogen and oxygen atoms in total. The second-order valence-electron chi connectivity index (χ2n) is 6.49. The Balaban J connectivity index is 0.000000444. The highest BCUT2D eigenvalue weighted by atomic mass is 79.9. The van der Waals surface area contributed by atoms with Gasteiger partial charge in [0.15, 0.2) is 5.78 Å². The largest absolute Gasteiger partial charge is 0.294 e. The minimum atomic E-state index is -0.210. The Morgan fingerprint density at radius 1 is 0.724 bits per heavy atom. The molecule has 2 aromatic rings. The van der Waals surface area contributed by atoms with Gasteiger partial charge >= 0.3 is 0 Å². The molecule has 0 aromatic heterocycles. The molecular formula is C24H31Br2ClO2. The monoisotopic (exact) mass is 544 g/mol. The first kappa shape index (κ1) is 28.0. The van der Waals surface area contributed by atoms with E-state index in [0.717, 1.165) is 53.0 Å². The molecule has 0 unspecified atom stereocenters. The fourth-order valence-corrected chi connectivity index (χ4v) is 2.95. The molecule has 0 spiro atoms. The van der Waals surface area contributed by atoms with Gasteiger partial charge in [-0.05, 0) is 48.7 Å². The second-order valence-corrected chi connectivity index (χ2v) is 8.75. The maximum atomic E-state index is 11.6. The molecule has 0 aliphatic rings. The van der Waals surface area contributed by atoms with Crippen LogP contribution in [0.5, 0.6) is 0 Å². The van der Waals surface area contributed by atoms with Crippen LogP contribution in [0.4, 0.5) is 0 Å². The summed E-state index contributed by atoms with van der Waals surface area (Å²) in [5.74, 6) is 0.256. The van der Waals surface area contributed by atoms with E-state index < -0.39 is 0 Å². The number of carbonyl (C=O) groups is 2. The van der Waals surface area contributed by atoms with Crippen molar-refractivity contribution in [2.75, 3.05) is 0 Å². The Morgan fingerprint density at radius 2 is 1.21 bits per heavy atom. The van der Waals surface area contributed by atoms with Gasteiger partial charge in [0.25, 0.3) is 0 Å². The minimum absolute atomic E-state index is 0.210. The first-order chi connectivity index (χ1) is 13.9. The Hall–Kier alpha value is -0.970. The van der Waals surface area contributed by atoms with Crippen LogP contribution >= 0.6 is 43.5 Å². The van der Waals surface area contributed by atoms with Gasteiger partial charge in [-0.25, -0.2) is 0 Å². The molecule has 0 saturated carbocycles. The lowest BCUT2D eigenvalue weighted by Gasteiger charge is -2.00. The number of rotatable bonds is 9. The van der Waals surface area contributed by atoms with Gasteiger partial charge in [-0.15, -0.1) is 0 Å². The highest BCUT2D eigenvalue weighted by molar-refractivity contribution is 9.10.